The zero-order chi connectivity index (χ0) is 14.5. The maximum absolute atomic E-state index is 9.56. The average Bonchev–Trinajstić information content (AvgIpc) is 2.26. The highest BCUT2D eigenvalue weighted by Crippen LogP contribution is 2.18. The van der Waals surface area contributed by atoms with E-state index >= 15 is 0 Å². The van der Waals surface area contributed by atoms with Crippen LogP contribution in [0.15, 0.2) is 0 Å². The van der Waals surface area contributed by atoms with E-state index in [0.717, 1.165) is 39.1 Å². The smallest absolute Gasteiger partial charge is 0.0753 e. The van der Waals surface area contributed by atoms with Crippen LogP contribution in [0.4, 0.5) is 0 Å². The van der Waals surface area contributed by atoms with Crippen LogP contribution in [0.5, 0.6) is 0 Å². The van der Waals surface area contributed by atoms with Crippen molar-refractivity contribution in [1.82, 2.24) is 10.2 Å². The van der Waals surface area contributed by atoms with Gasteiger partial charge in [-0.15, -0.1) is 0 Å². The molecule has 0 bridgehead atoms. The molecule has 19 heavy (non-hydrogen) atoms. The van der Waals surface area contributed by atoms with Crippen LogP contribution in [0, 0.1) is 0 Å². The Hall–Kier alpha value is -0.160. The van der Waals surface area contributed by atoms with Gasteiger partial charge in [-0.2, -0.15) is 0 Å². The Morgan fingerprint density at radius 2 is 2.11 bits per heavy atom. The predicted octanol–water partition coefficient (Wildman–Crippen LogP) is 1.63. The summed E-state index contributed by atoms with van der Waals surface area (Å²) in [6, 6.07) is 0.402. The number of aliphatic hydroxyl groups excluding tert-OH is 1. The molecule has 1 atom stereocenters. The van der Waals surface area contributed by atoms with Gasteiger partial charge in [0.15, 0.2) is 0 Å². The van der Waals surface area contributed by atoms with Crippen LogP contribution >= 0.6 is 0 Å². The molecule has 0 aromatic heterocycles. The third kappa shape index (κ3) is 6.21. The van der Waals surface area contributed by atoms with E-state index in [1.165, 1.54) is 0 Å². The molecule has 4 heteroatoms. The Kier molecular flexibility index (Phi) is 6.24. The first kappa shape index (κ1) is 16.9. The van der Waals surface area contributed by atoms with E-state index in [9.17, 15) is 5.11 Å². The summed E-state index contributed by atoms with van der Waals surface area (Å²) in [4.78, 5) is 2.47. The first-order valence-corrected chi connectivity index (χ1v) is 7.51. The van der Waals surface area contributed by atoms with Crippen molar-refractivity contribution >= 4 is 0 Å². The number of rotatable bonds is 7. The highest BCUT2D eigenvalue weighted by molar-refractivity contribution is 4.85. The summed E-state index contributed by atoms with van der Waals surface area (Å²) in [5.74, 6) is 0. The zero-order valence-corrected chi connectivity index (χ0v) is 13.3. The minimum Gasteiger partial charge on any atom is -0.394 e. The third-order valence-corrected chi connectivity index (χ3v) is 3.69. The molecule has 4 nitrogen and oxygen atoms in total. The predicted molar refractivity (Wildman–Crippen MR) is 79.5 cm³/mol. The molecule has 0 radical (unpaired) electrons. The molecule has 1 aliphatic heterocycles. The molecule has 0 aliphatic carbocycles. The van der Waals surface area contributed by atoms with E-state index < -0.39 is 0 Å². The van der Waals surface area contributed by atoms with Gasteiger partial charge in [0, 0.05) is 24.7 Å². The summed E-state index contributed by atoms with van der Waals surface area (Å²) in [7, 11) is 0. The summed E-state index contributed by atoms with van der Waals surface area (Å²) < 4.78 is 5.72. The number of ether oxygens (including phenoxy) is 1. The summed E-state index contributed by atoms with van der Waals surface area (Å²) >= 11 is 0. The number of nitrogens with zero attached hydrogens (tertiary/aromatic N) is 1. The Morgan fingerprint density at radius 3 is 2.63 bits per heavy atom. The van der Waals surface area contributed by atoms with E-state index in [-0.39, 0.29) is 17.7 Å². The summed E-state index contributed by atoms with van der Waals surface area (Å²) in [5.41, 5.74) is -0.176. The van der Waals surface area contributed by atoms with Crippen molar-refractivity contribution in [2.24, 2.45) is 0 Å². The van der Waals surface area contributed by atoms with Crippen molar-refractivity contribution in [1.29, 1.82) is 0 Å². The number of nitrogens with one attached hydrogen (secondary N) is 1. The molecule has 0 aromatic rings. The molecule has 114 valence electrons. The first-order valence-electron chi connectivity index (χ1n) is 7.51. The maximum atomic E-state index is 9.56. The van der Waals surface area contributed by atoms with Gasteiger partial charge >= 0.3 is 0 Å². The van der Waals surface area contributed by atoms with Crippen LogP contribution in [0.2, 0.25) is 0 Å². The Bertz CT molecular complexity index is 269. The molecule has 1 unspecified atom stereocenters. The highest BCUT2D eigenvalue weighted by Gasteiger charge is 2.28. The molecule has 1 aliphatic rings. The standard InChI is InChI=1S/C15H32N2O2/c1-13(2)16-15(5,12-18)7-6-8-17-9-10-19-14(3,4)11-17/h13,16,18H,6-12H2,1-5H3. The Morgan fingerprint density at radius 1 is 1.42 bits per heavy atom. The molecule has 1 saturated heterocycles. The molecular formula is C15H32N2O2. The van der Waals surface area contributed by atoms with Gasteiger partial charge in [0.1, 0.15) is 0 Å². The van der Waals surface area contributed by atoms with E-state index in [4.69, 9.17) is 4.74 Å². The van der Waals surface area contributed by atoms with Crippen LogP contribution in [0.25, 0.3) is 0 Å². The fourth-order valence-electron chi connectivity index (χ4n) is 2.89. The molecule has 0 saturated carbocycles. The van der Waals surface area contributed by atoms with Crippen molar-refractivity contribution in [2.45, 2.75) is 64.6 Å². The lowest BCUT2D eigenvalue weighted by molar-refractivity contribution is -0.0864. The minimum atomic E-state index is -0.157. The van der Waals surface area contributed by atoms with Crippen LogP contribution in [0.1, 0.15) is 47.5 Å². The van der Waals surface area contributed by atoms with E-state index in [0.29, 0.717) is 6.04 Å². The van der Waals surface area contributed by atoms with E-state index in [1.807, 2.05) is 0 Å². The normalized spacial score (nSPS) is 23.5. The second-order valence-electron chi connectivity index (χ2n) is 7.01. The molecule has 0 amide bonds. The highest BCUT2D eigenvalue weighted by atomic mass is 16.5. The van der Waals surface area contributed by atoms with Gasteiger partial charge in [-0.3, -0.25) is 4.90 Å². The maximum Gasteiger partial charge on any atom is 0.0753 e. The van der Waals surface area contributed by atoms with Crippen LogP contribution < -0.4 is 5.32 Å². The Balaban J connectivity index is 2.32. The van der Waals surface area contributed by atoms with Crippen molar-refractivity contribution in [3.8, 4) is 0 Å². The van der Waals surface area contributed by atoms with Crippen molar-refractivity contribution in [2.75, 3.05) is 32.8 Å². The molecule has 1 heterocycles. The van der Waals surface area contributed by atoms with Crippen molar-refractivity contribution < 1.29 is 9.84 Å². The fourth-order valence-corrected chi connectivity index (χ4v) is 2.89. The lowest BCUT2D eigenvalue weighted by Gasteiger charge is -2.39. The topological polar surface area (TPSA) is 44.7 Å². The van der Waals surface area contributed by atoms with E-state index in [1.54, 1.807) is 0 Å². The van der Waals surface area contributed by atoms with Gasteiger partial charge in [0.2, 0.25) is 0 Å². The van der Waals surface area contributed by atoms with Gasteiger partial charge in [0.05, 0.1) is 18.8 Å². The number of hydrogen-bond acceptors (Lipinski definition) is 4. The lowest BCUT2D eigenvalue weighted by Crippen LogP contribution is -2.51. The van der Waals surface area contributed by atoms with Gasteiger partial charge in [-0.05, 0) is 40.2 Å². The zero-order valence-electron chi connectivity index (χ0n) is 13.3. The number of hydrogen-bond donors (Lipinski definition) is 2. The van der Waals surface area contributed by atoms with Gasteiger partial charge in [-0.1, -0.05) is 13.8 Å². The largest absolute Gasteiger partial charge is 0.394 e. The SMILES string of the molecule is CC(C)NC(C)(CO)CCCN1CCOC(C)(C)C1. The lowest BCUT2D eigenvalue weighted by atomic mass is 9.95. The number of morpholine rings is 1. The van der Waals surface area contributed by atoms with Gasteiger partial charge < -0.3 is 15.2 Å². The third-order valence-electron chi connectivity index (χ3n) is 3.69. The van der Waals surface area contributed by atoms with Crippen molar-refractivity contribution in [3.63, 3.8) is 0 Å². The second-order valence-corrected chi connectivity index (χ2v) is 7.01. The molecular weight excluding hydrogens is 240 g/mol. The molecule has 0 spiro atoms. The van der Waals surface area contributed by atoms with Crippen LogP contribution in [0.3, 0.4) is 0 Å². The first-order chi connectivity index (χ1) is 8.76. The van der Waals surface area contributed by atoms with Gasteiger partial charge in [0.25, 0.3) is 0 Å². The minimum absolute atomic E-state index is 0.0191. The molecule has 1 rings (SSSR count). The van der Waals surface area contributed by atoms with Crippen molar-refractivity contribution in [3.05, 3.63) is 0 Å². The van der Waals surface area contributed by atoms with Crippen LogP contribution in [-0.2, 0) is 4.74 Å². The molecule has 1 fully saturated rings. The van der Waals surface area contributed by atoms with E-state index in [2.05, 4.69) is 44.8 Å². The molecule has 0 aromatic carbocycles. The quantitative estimate of drug-likeness (QED) is 0.739. The van der Waals surface area contributed by atoms with Crippen LogP contribution in [-0.4, -0.2) is 60.0 Å². The summed E-state index contributed by atoms with van der Waals surface area (Å²) in [5, 5.41) is 13.0. The fraction of sp³-hybridized carbons (Fsp3) is 1.00. The van der Waals surface area contributed by atoms with Gasteiger partial charge in [-0.25, -0.2) is 0 Å². The second kappa shape index (κ2) is 7.02. The molecule has 2 N–H and O–H groups in total. The Labute approximate surface area is 118 Å². The summed E-state index contributed by atoms with van der Waals surface area (Å²) in [6.45, 7) is 14.8. The summed E-state index contributed by atoms with van der Waals surface area (Å²) in [6.07, 6.45) is 2.10. The number of aliphatic hydroxyl groups is 1. The monoisotopic (exact) mass is 272 g/mol. The average molecular weight is 272 g/mol.